The minimum absolute atomic E-state index is 0.0630. The lowest BCUT2D eigenvalue weighted by molar-refractivity contribution is -0.138. The van der Waals surface area contributed by atoms with Gasteiger partial charge < -0.3 is 10.4 Å². The summed E-state index contributed by atoms with van der Waals surface area (Å²) < 4.78 is 0. The molecular weight excluding hydrogens is 254 g/mol. The van der Waals surface area contributed by atoms with Crippen LogP contribution in [0.4, 0.5) is 5.82 Å². The number of carbonyl (C=O) groups is 1. The van der Waals surface area contributed by atoms with E-state index in [1.807, 2.05) is 6.92 Å². The van der Waals surface area contributed by atoms with Crippen molar-refractivity contribution in [2.24, 2.45) is 0 Å². The molecular formula is C15H19N3O2. The van der Waals surface area contributed by atoms with Gasteiger partial charge in [-0.3, -0.25) is 4.79 Å². The van der Waals surface area contributed by atoms with Gasteiger partial charge in [0.25, 0.3) is 0 Å². The second kappa shape index (κ2) is 5.91. The van der Waals surface area contributed by atoms with Crippen LogP contribution in [-0.2, 0) is 4.79 Å². The van der Waals surface area contributed by atoms with Crippen LogP contribution in [0.15, 0.2) is 12.3 Å². The molecule has 20 heavy (non-hydrogen) atoms. The van der Waals surface area contributed by atoms with Gasteiger partial charge in [-0.05, 0) is 31.4 Å². The molecule has 0 atom stereocenters. The molecule has 106 valence electrons. The Hall–Kier alpha value is -2.09. The Labute approximate surface area is 118 Å². The maximum atomic E-state index is 11.2. The molecule has 0 aliphatic heterocycles. The van der Waals surface area contributed by atoms with Gasteiger partial charge in [-0.1, -0.05) is 19.3 Å². The molecule has 2 N–H and O–H groups in total. The Morgan fingerprint density at radius 3 is 2.80 bits per heavy atom. The van der Waals surface area contributed by atoms with Crippen LogP contribution in [0, 0.1) is 18.3 Å². The van der Waals surface area contributed by atoms with E-state index < -0.39 is 11.5 Å². The zero-order chi connectivity index (χ0) is 14.6. The van der Waals surface area contributed by atoms with Crippen molar-refractivity contribution < 1.29 is 9.90 Å². The van der Waals surface area contributed by atoms with Gasteiger partial charge in [0, 0.05) is 11.7 Å². The zero-order valence-corrected chi connectivity index (χ0v) is 11.6. The number of nitriles is 1. The summed E-state index contributed by atoms with van der Waals surface area (Å²) in [7, 11) is 0. The van der Waals surface area contributed by atoms with Crippen molar-refractivity contribution in [1.82, 2.24) is 4.98 Å². The first-order valence-electron chi connectivity index (χ1n) is 6.92. The van der Waals surface area contributed by atoms with Gasteiger partial charge >= 0.3 is 5.97 Å². The molecule has 1 heterocycles. The SMILES string of the molecule is Cc1ccnc(NC2(CC(=O)O)CCCCC2)c1C#N. The molecule has 1 saturated carbocycles. The van der Waals surface area contributed by atoms with E-state index in [0.29, 0.717) is 11.4 Å². The third-order valence-electron chi connectivity index (χ3n) is 3.95. The molecule has 0 radical (unpaired) electrons. The number of nitrogens with one attached hydrogen (secondary N) is 1. The number of rotatable bonds is 4. The summed E-state index contributed by atoms with van der Waals surface area (Å²) in [4.78, 5) is 15.4. The van der Waals surface area contributed by atoms with Gasteiger partial charge in [0.15, 0.2) is 0 Å². The first kappa shape index (κ1) is 14.3. The van der Waals surface area contributed by atoms with Crippen LogP contribution in [0.1, 0.15) is 49.7 Å². The zero-order valence-electron chi connectivity index (χ0n) is 11.6. The summed E-state index contributed by atoms with van der Waals surface area (Å²) in [6, 6.07) is 3.94. The fraction of sp³-hybridized carbons (Fsp3) is 0.533. The lowest BCUT2D eigenvalue weighted by Crippen LogP contribution is -2.42. The van der Waals surface area contributed by atoms with Gasteiger partial charge in [-0.25, -0.2) is 4.98 Å². The number of hydrogen-bond donors (Lipinski definition) is 2. The first-order chi connectivity index (χ1) is 9.56. The second-order valence-corrected chi connectivity index (χ2v) is 5.50. The predicted molar refractivity (Wildman–Crippen MR) is 75.4 cm³/mol. The van der Waals surface area contributed by atoms with Crippen LogP contribution < -0.4 is 5.32 Å². The number of aryl methyl sites for hydroxylation is 1. The van der Waals surface area contributed by atoms with E-state index in [9.17, 15) is 10.1 Å². The maximum absolute atomic E-state index is 11.2. The molecule has 0 bridgehead atoms. The number of aromatic nitrogens is 1. The minimum atomic E-state index is -0.814. The molecule has 5 nitrogen and oxygen atoms in total. The average molecular weight is 273 g/mol. The monoisotopic (exact) mass is 273 g/mol. The third-order valence-corrected chi connectivity index (χ3v) is 3.95. The molecule has 1 aromatic rings. The lowest BCUT2D eigenvalue weighted by Gasteiger charge is -2.37. The fourth-order valence-electron chi connectivity index (χ4n) is 2.91. The number of pyridine rings is 1. The molecule has 1 aromatic heterocycles. The number of carboxylic acids is 1. The van der Waals surface area contributed by atoms with Crippen molar-refractivity contribution in [2.75, 3.05) is 5.32 Å². The number of aliphatic carboxylic acids is 1. The highest BCUT2D eigenvalue weighted by Gasteiger charge is 2.35. The van der Waals surface area contributed by atoms with E-state index in [0.717, 1.165) is 37.7 Å². The predicted octanol–water partition coefficient (Wildman–Crippen LogP) is 2.85. The van der Waals surface area contributed by atoms with Crippen molar-refractivity contribution >= 4 is 11.8 Å². The van der Waals surface area contributed by atoms with Crippen LogP contribution in [0.3, 0.4) is 0 Å². The number of hydrogen-bond acceptors (Lipinski definition) is 4. The van der Waals surface area contributed by atoms with E-state index in [-0.39, 0.29) is 6.42 Å². The Morgan fingerprint density at radius 2 is 2.20 bits per heavy atom. The van der Waals surface area contributed by atoms with Gasteiger partial charge in [0.05, 0.1) is 12.0 Å². The van der Waals surface area contributed by atoms with Gasteiger partial charge in [-0.15, -0.1) is 0 Å². The third kappa shape index (κ3) is 3.08. The van der Waals surface area contributed by atoms with Crippen LogP contribution in [0.25, 0.3) is 0 Å². The average Bonchev–Trinajstić information content (AvgIpc) is 2.39. The molecule has 2 rings (SSSR count). The molecule has 0 aromatic carbocycles. The van der Waals surface area contributed by atoms with Crippen molar-refractivity contribution in [1.29, 1.82) is 5.26 Å². The number of nitrogens with zero attached hydrogens (tertiary/aromatic N) is 2. The topological polar surface area (TPSA) is 86.0 Å². The summed E-state index contributed by atoms with van der Waals surface area (Å²) in [6.07, 6.45) is 6.47. The van der Waals surface area contributed by atoms with Crippen molar-refractivity contribution in [3.8, 4) is 6.07 Å². The summed E-state index contributed by atoms with van der Waals surface area (Å²) in [5, 5.41) is 21.7. The van der Waals surface area contributed by atoms with Crippen LogP contribution >= 0.6 is 0 Å². The van der Waals surface area contributed by atoms with Crippen LogP contribution in [-0.4, -0.2) is 21.6 Å². The van der Waals surface area contributed by atoms with Crippen molar-refractivity contribution in [3.63, 3.8) is 0 Å². The fourth-order valence-corrected chi connectivity index (χ4v) is 2.91. The number of carboxylic acid groups (broad SMARTS) is 1. The molecule has 1 aliphatic rings. The Kier molecular flexibility index (Phi) is 4.23. The van der Waals surface area contributed by atoms with Crippen LogP contribution in [0.2, 0.25) is 0 Å². The van der Waals surface area contributed by atoms with Gasteiger partial charge in [0.1, 0.15) is 11.9 Å². The van der Waals surface area contributed by atoms with Gasteiger partial charge in [-0.2, -0.15) is 5.26 Å². The van der Waals surface area contributed by atoms with Crippen LogP contribution in [0.5, 0.6) is 0 Å². The van der Waals surface area contributed by atoms with Crippen molar-refractivity contribution in [2.45, 2.75) is 51.0 Å². The molecule has 5 heteroatoms. The first-order valence-corrected chi connectivity index (χ1v) is 6.92. The van der Waals surface area contributed by atoms with Gasteiger partial charge in [0.2, 0.25) is 0 Å². The van der Waals surface area contributed by atoms with E-state index in [1.165, 1.54) is 0 Å². The summed E-state index contributed by atoms with van der Waals surface area (Å²) >= 11 is 0. The highest BCUT2D eigenvalue weighted by molar-refractivity contribution is 5.70. The maximum Gasteiger partial charge on any atom is 0.305 e. The van der Waals surface area contributed by atoms with Crippen molar-refractivity contribution in [3.05, 3.63) is 23.4 Å². The lowest BCUT2D eigenvalue weighted by atomic mass is 9.79. The van der Waals surface area contributed by atoms with E-state index >= 15 is 0 Å². The number of anilines is 1. The Bertz CT molecular complexity index is 543. The molecule has 0 saturated heterocycles. The quantitative estimate of drug-likeness (QED) is 0.881. The molecule has 1 fully saturated rings. The molecule has 0 unspecified atom stereocenters. The molecule has 0 spiro atoms. The van der Waals surface area contributed by atoms with E-state index in [4.69, 9.17) is 5.11 Å². The standard InChI is InChI=1S/C15H19N3O2/c1-11-5-8-17-14(12(11)10-16)18-15(9-13(19)20)6-3-2-4-7-15/h5,8H,2-4,6-7,9H2,1H3,(H,17,18)(H,19,20). The molecule has 0 amide bonds. The largest absolute Gasteiger partial charge is 0.481 e. The van der Waals surface area contributed by atoms with E-state index in [1.54, 1.807) is 12.3 Å². The minimum Gasteiger partial charge on any atom is -0.481 e. The highest BCUT2D eigenvalue weighted by Crippen LogP contribution is 2.35. The summed E-state index contributed by atoms with van der Waals surface area (Å²) in [5.41, 5.74) is 0.880. The Morgan fingerprint density at radius 1 is 1.50 bits per heavy atom. The van der Waals surface area contributed by atoms with E-state index in [2.05, 4.69) is 16.4 Å². The smallest absolute Gasteiger partial charge is 0.305 e. The normalized spacial score (nSPS) is 17.2. The summed E-state index contributed by atoms with van der Waals surface area (Å²) in [6.45, 7) is 1.86. The highest BCUT2D eigenvalue weighted by atomic mass is 16.4. The summed E-state index contributed by atoms with van der Waals surface area (Å²) in [5.74, 6) is -0.304. The Balaban J connectivity index is 2.31. The second-order valence-electron chi connectivity index (χ2n) is 5.50. The molecule has 1 aliphatic carbocycles.